The minimum atomic E-state index is 0.0411. The van der Waals surface area contributed by atoms with Crippen LogP contribution in [0.4, 0.5) is 0 Å². The molecular weight excluding hydrogens is 376 g/mol. The van der Waals surface area contributed by atoms with Crippen molar-refractivity contribution >= 4 is 5.91 Å². The number of hydrogen-bond acceptors (Lipinski definition) is 4. The maximum atomic E-state index is 12.9. The molecule has 4 heterocycles. The number of nitrogens with zero attached hydrogens (tertiary/aromatic N) is 4. The van der Waals surface area contributed by atoms with E-state index in [1.54, 1.807) is 13.0 Å². The van der Waals surface area contributed by atoms with Crippen molar-refractivity contribution in [3.05, 3.63) is 70.4 Å². The Morgan fingerprint density at radius 2 is 1.67 bits per heavy atom. The third kappa shape index (κ3) is 3.32. The summed E-state index contributed by atoms with van der Waals surface area (Å²) in [6.45, 7) is 5.73. The summed E-state index contributed by atoms with van der Waals surface area (Å²) in [7, 11) is 0. The summed E-state index contributed by atoms with van der Waals surface area (Å²) in [5.74, 6) is 1.38. The molecule has 2 atom stereocenters. The first-order valence-electron chi connectivity index (χ1n) is 10.4. The van der Waals surface area contributed by atoms with Gasteiger partial charge in [-0.25, -0.2) is 9.97 Å². The zero-order valence-electron chi connectivity index (χ0n) is 17.2. The molecule has 152 valence electrons. The smallest absolute Gasteiger partial charge is 0.251 e. The predicted octanol–water partition coefficient (Wildman–Crippen LogP) is 3.25. The van der Waals surface area contributed by atoms with Crippen molar-refractivity contribution in [2.24, 2.45) is 5.92 Å². The lowest BCUT2D eigenvalue weighted by Crippen LogP contribution is -2.48. The fourth-order valence-corrected chi connectivity index (χ4v) is 4.74. The highest BCUT2D eigenvalue weighted by Crippen LogP contribution is 2.36. The maximum absolute atomic E-state index is 12.9. The fourth-order valence-electron chi connectivity index (χ4n) is 4.74. The Labute approximate surface area is 175 Å². The van der Waals surface area contributed by atoms with Crippen molar-refractivity contribution < 1.29 is 4.79 Å². The van der Waals surface area contributed by atoms with Crippen molar-refractivity contribution in [3.8, 4) is 22.5 Å². The van der Waals surface area contributed by atoms with Gasteiger partial charge in [-0.05, 0) is 42.0 Å². The predicted molar refractivity (Wildman–Crippen MR) is 115 cm³/mol. The number of amides is 1. The topological polar surface area (TPSA) is 68.1 Å². The summed E-state index contributed by atoms with van der Waals surface area (Å²) in [5, 5.41) is 0. The Bertz CT molecular complexity index is 1170. The number of carbonyl (C=O) groups is 1. The standard InChI is InChI=1S/C24H24N4O2/c1-15-10-25-24(26-11-15)19-5-3-18(4-6-19)20-8-22-21-7-17(12-27(14-21)16(2)29)13-28(22)23(30)9-20/h3-6,8-11,17,21H,7,12-14H2,1-2H3/t17-,21+/m0/s1. The van der Waals surface area contributed by atoms with Gasteiger partial charge in [0.05, 0.1) is 0 Å². The highest BCUT2D eigenvalue weighted by Gasteiger charge is 2.35. The van der Waals surface area contributed by atoms with Crippen molar-refractivity contribution in [2.75, 3.05) is 13.1 Å². The van der Waals surface area contributed by atoms with Gasteiger partial charge in [0.1, 0.15) is 0 Å². The van der Waals surface area contributed by atoms with E-state index in [0.29, 0.717) is 24.8 Å². The van der Waals surface area contributed by atoms with Crippen molar-refractivity contribution in [3.63, 3.8) is 0 Å². The Hall–Kier alpha value is -3.28. The summed E-state index contributed by atoms with van der Waals surface area (Å²) in [6, 6.07) is 11.9. The number of likely N-dealkylation sites (tertiary alicyclic amines) is 1. The fraction of sp³-hybridized carbons (Fsp3) is 0.333. The molecule has 0 spiro atoms. The molecule has 0 aliphatic carbocycles. The van der Waals surface area contributed by atoms with Crippen LogP contribution in [0.2, 0.25) is 0 Å². The number of benzene rings is 1. The second-order valence-electron chi connectivity index (χ2n) is 8.50. The van der Waals surface area contributed by atoms with Crippen LogP contribution in [0.1, 0.15) is 30.5 Å². The molecule has 2 aliphatic rings. The number of aromatic nitrogens is 3. The molecule has 1 fully saturated rings. The van der Waals surface area contributed by atoms with Gasteiger partial charge in [0, 0.05) is 62.2 Å². The quantitative estimate of drug-likeness (QED) is 0.662. The Kier molecular flexibility index (Phi) is 4.50. The Balaban J connectivity index is 1.49. The first kappa shape index (κ1) is 18.7. The van der Waals surface area contributed by atoms with E-state index in [2.05, 4.69) is 16.0 Å². The van der Waals surface area contributed by atoms with Crippen LogP contribution in [-0.4, -0.2) is 38.4 Å². The molecule has 30 heavy (non-hydrogen) atoms. The van der Waals surface area contributed by atoms with Gasteiger partial charge in [-0.15, -0.1) is 0 Å². The third-order valence-corrected chi connectivity index (χ3v) is 6.26. The lowest BCUT2D eigenvalue weighted by molar-refractivity contribution is -0.131. The van der Waals surface area contributed by atoms with Gasteiger partial charge in [-0.1, -0.05) is 24.3 Å². The number of aryl methyl sites for hydroxylation is 1. The third-order valence-electron chi connectivity index (χ3n) is 6.26. The highest BCUT2D eigenvalue weighted by molar-refractivity contribution is 5.73. The zero-order chi connectivity index (χ0) is 20.8. The molecule has 2 bridgehead atoms. The van der Waals surface area contributed by atoms with Gasteiger partial charge >= 0.3 is 0 Å². The first-order valence-corrected chi connectivity index (χ1v) is 10.4. The maximum Gasteiger partial charge on any atom is 0.251 e. The second-order valence-corrected chi connectivity index (χ2v) is 8.50. The minimum Gasteiger partial charge on any atom is -0.342 e. The summed E-state index contributed by atoms with van der Waals surface area (Å²) in [6.07, 6.45) is 4.65. The molecule has 0 saturated carbocycles. The van der Waals surface area contributed by atoms with Gasteiger partial charge in [0.15, 0.2) is 5.82 Å². The largest absolute Gasteiger partial charge is 0.342 e. The minimum absolute atomic E-state index is 0.0411. The lowest BCUT2D eigenvalue weighted by atomic mass is 9.82. The molecule has 1 amide bonds. The van der Waals surface area contributed by atoms with Crippen LogP contribution in [-0.2, 0) is 11.3 Å². The number of fused-ring (bicyclic) bond motifs is 4. The van der Waals surface area contributed by atoms with Crippen LogP contribution in [0, 0.1) is 12.8 Å². The van der Waals surface area contributed by atoms with Gasteiger partial charge in [-0.2, -0.15) is 0 Å². The molecule has 5 rings (SSSR count). The van der Waals surface area contributed by atoms with Gasteiger partial charge in [-0.3, -0.25) is 9.59 Å². The van der Waals surface area contributed by atoms with E-state index in [-0.39, 0.29) is 17.4 Å². The number of rotatable bonds is 2. The van der Waals surface area contributed by atoms with Crippen LogP contribution in [0.25, 0.3) is 22.5 Å². The van der Waals surface area contributed by atoms with Crippen molar-refractivity contribution in [1.82, 2.24) is 19.4 Å². The number of piperidine rings is 1. The van der Waals surface area contributed by atoms with E-state index >= 15 is 0 Å². The normalized spacial score (nSPS) is 20.0. The number of carbonyl (C=O) groups excluding carboxylic acids is 1. The van der Waals surface area contributed by atoms with E-state index < -0.39 is 0 Å². The zero-order valence-corrected chi connectivity index (χ0v) is 17.2. The molecule has 6 heteroatoms. The molecule has 1 aromatic carbocycles. The van der Waals surface area contributed by atoms with E-state index in [0.717, 1.165) is 40.9 Å². The van der Waals surface area contributed by atoms with Crippen LogP contribution in [0.3, 0.4) is 0 Å². The van der Waals surface area contributed by atoms with Crippen LogP contribution >= 0.6 is 0 Å². The first-order chi connectivity index (χ1) is 14.5. The summed E-state index contributed by atoms with van der Waals surface area (Å²) >= 11 is 0. The summed E-state index contributed by atoms with van der Waals surface area (Å²) in [5.41, 5.74) is 4.97. The van der Waals surface area contributed by atoms with E-state index in [1.165, 1.54) is 0 Å². The second kappa shape index (κ2) is 7.20. The molecule has 2 aromatic heterocycles. The molecule has 0 unspecified atom stereocenters. The van der Waals surface area contributed by atoms with E-state index in [1.807, 2.05) is 53.0 Å². The number of pyridine rings is 1. The SMILES string of the molecule is CC(=O)N1C[C@@H]2C[C@H](C1)c1cc(-c3ccc(-c4ncc(C)cn4)cc3)cc(=O)n1C2. The lowest BCUT2D eigenvalue weighted by Gasteiger charge is -2.42. The van der Waals surface area contributed by atoms with E-state index in [4.69, 9.17) is 0 Å². The Morgan fingerprint density at radius 3 is 2.37 bits per heavy atom. The van der Waals surface area contributed by atoms with Crippen molar-refractivity contribution in [2.45, 2.75) is 32.7 Å². The van der Waals surface area contributed by atoms with Gasteiger partial charge in [0.2, 0.25) is 5.91 Å². The molecule has 3 aromatic rings. The van der Waals surface area contributed by atoms with Crippen LogP contribution < -0.4 is 5.56 Å². The molecule has 0 radical (unpaired) electrons. The van der Waals surface area contributed by atoms with Crippen LogP contribution in [0.15, 0.2) is 53.6 Å². The monoisotopic (exact) mass is 400 g/mol. The molecule has 2 aliphatic heterocycles. The summed E-state index contributed by atoms with van der Waals surface area (Å²) in [4.78, 5) is 35.5. The molecular formula is C24H24N4O2. The summed E-state index contributed by atoms with van der Waals surface area (Å²) < 4.78 is 1.91. The average Bonchev–Trinajstić information content (AvgIpc) is 2.75. The molecule has 6 nitrogen and oxygen atoms in total. The van der Waals surface area contributed by atoms with Gasteiger partial charge < -0.3 is 9.47 Å². The van der Waals surface area contributed by atoms with E-state index in [9.17, 15) is 9.59 Å². The van der Waals surface area contributed by atoms with Gasteiger partial charge in [0.25, 0.3) is 5.56 Å². The average molecular weight is 400 g/mol. The number of hydrogen-bond donors (Lipinski definition) is 0. The molecule has 0 N–H and O–H groups in total. The van der Waals surface area contributed by atoms with Crippen molar-refractivity contribution in [1.29, 1.82) is 0 Å². The highest BCUT2D eigenvalue weighted by atomic mass is 16.2. The Morgan fingerprint density at radius 1 is 0.967 bits per heavy atom. The molecule has 1 saturated heterocycles. The van der Waals surface area contributed by atoms with Crippen LogP contribution in [0.5, 0.6) is 0 Å².